The lowest BCUT2D eigenvalue weighted by atomic mass is 9.95. The van der Waals surface area contributed by atoms with E-state index >= 15 is 0 Å². The summed E-state index contributed by atoms with van der Waals surface area (Å²) in [5.41, 5.74) is 0.865. The van der Waals surface area contributed by atoms with E-state index in [1.54, 1.807) is 23.5 Å². The lowest BCUT2D eigenvalue weighted by molar-refractivity contribution is -0.137. The van der Waals surface area contributed by atoms with E-state index in [1.165, 1.54) is 25.0 Å². The largest absolute Gasteiger partial charge is 0.343 e. The molecule has 32 heavy (non-hydrogen) atoms. The Morgan fingerprint density at radius 3 is 2.31 bits per heavy atom. The van der Waals surface area contributed by atoms with Crippen LogP contribution in [0.25, 0.3) is 0 Å². The molecular weight excluding hydrogens is 425 g/mol. The summed E-state index contributed by atoms with van der Waals surface area (Å²) in [6.45, 7) is 3.63. The van der Waals surface area contributed by atoms with Gasteiger partial charge < -0.3 is 10.2 Å². The molecule has 7 heteroatoms. The topological polar surface area (TPSA) is 52.7 Å². The van der Waals surface area contributed by atoms with E-state index in [4.69, 9.17) is 0 Å². The molecule has 2 fully saturated rings. The maximum atomic E-state index is 13.4. The molecule has 4 rings (SSSR count). The molecule has 0 spiro atoms. The highest BCUT2D eigenvalue weighted by Crippen LogP contribution is 2.27. The van der Waals surface area contributed by atoms with Crippen LogP contribution in [0.2, 0.25) is 0 Å². The number of piperidine rings is 1. The Morgan fingerprint density at radius 1 is 1.00 bits per heavy atom. The van der Waals surface area contributed by atoms with Crippen LogP contribution in [-0.2, 0) is 9.59 Å². The number of nitrogens with zero attached hydrogens (tertiary/aromatic N) is 2. The van der Waals surface area contributed by atoms with Gasteiger partial charge in [0.15, 0.2) is 0 Å². The Hall–Kier alpha value is -2.25. The minimum absolute atomic E-state index is 0.0509. The van der Waals surface area contributed by atoms with E-state index in [0.717, 1.165) is 62.3 Å². The van der Waals surface area contributed by atoms with Crippen molar-refractivity contribution in [3.63, 3.8) is 0 Å². The number of hydrogen-bond donors (Lipinski definition) is 1. The molecule has 1 atom stereocenters. The van der Waals surface area contributed by atoms with E-state index in [1.807, 2.05) is 17.5 Å². The maximum Gasteiger partial charge on any atom is 0.234 e. The number of hydrogen-bond acceptors (Lipinski definition) is 4. The van der Waals surface area contributed by atoms with Gasteiger partial charge in [-0.15, -0.1) is 11.3 Å². The van der Waals surface area contributed by atoms with Crippen LogP contribution in [0.3, 0.4) is 0 Å². The Bertz CT molecular complexity index is 871. The Morgan fingerprint density at radius 2 is 1.69 bits per heavy atom. The molecule has 0 saturated carbocycles. The van der Waals surface area contributed by atoms with Gasteiger partial charge in [0.1, 0.15) is 5.82 Å². The van der Waals surface area contributed by atoms with Crippen molar-refractivity contribution < 1.29 is 14.0 Å². The summed E-state index contributed by atoms with van der Waals surface area (Å²) < 4.78 is 13.4. The predicted octanol–water partition coefficient (Wildman–Crippen LogP) is 4.21. The van der Waals surface area contributed by atoms with Gasteiger partial charge in [-0.2, -0.15) is 0 Å². The number of amides is 2. The minimum Gasteiger partial charge on any atom is -0.343 e. The molecule has 5 nitrogen and oxygen atoms in total. The summed E-state index contributed by atoms with van der Waals surface area (Å²) >= 11 is 1.57. The second kappa shape index (κ2) is 11.1. The zero-order valence-corrected chi connectivity index (χ0v) is 19.3. The summed E-state index contributed by atoms with van der Waals surface area (Å²) in [7, 11) is 0. The molecule has 2 amide bonds. The highest BCUT2D eigenvalue weighted by Gasteiger charge is 2.30. The molecule has 0 aliphatic carbocycles. The summed E-state index contributed by atoms with van der Waals surface area (Å²) in [6, 6.07) is 9.95. The summed E-state index contributed by atoms with van der Waals surface area (Å²) in [5.74, 6) is 0.0585. The van der Waals surface area contributed by atoms with Crippen LogP contribution in [0, 0.1) is 11.7 Å². The zero-order chi connectivity index (χ0) is 22.3. The van der Waals surface area contributed by atoms with Gasteiger partial charge >= 0.3 is 0 Å². The van der Waals surface area contributed by atoms with E-state index in [-0.39, 0.29) is 23.7 Å². The Labute approximate surface area is 193 Å². The Balaban J connectivity index is 1.30. The number of carbonyl (C=O) groups is 2. The van der Waals surface area contributed by atoms with Crippen molar-refractivity contribution in [2.24, 2.45) is 5.92 Å². The predicted molar refractivity (Wildman–Crippen MR) is 125 cm³/mol. The van der Waals surface area contributed by atoms with Crippen molar-refractivity contribution in [3.8, 4) is 0 Å². The van der Waals surface area contributed by atoms with Crippen LogP contribution < -0.4 is 5.32 Å². The van der Waals surface area contributed by atoms with Crippen molar-refractivity contribution in [3.05, 3.63) is 58.0 Å². The van der Waals surface area contributed by atoms with Crippen LogP contribution >= 0.6 is 11.3 Å². The molecule has 1 aromatic heterocycles. The van der Waals surface area contributed by atoms with Gasteiger partial charge in [-0.05, 0) is 67.9 Å². The summed E-state index contributed by atoms with van der Waals surface area (Å²) in [4.78, 5) is 31.0. The fraction of sp³-hybridized carbons (Fsp3) is 0.520. The van der Waals surface area contributed by atoms with E-state index in [0.29, 0.717) is 12.5 Å². The smallest absolute Gasteiger partial charge is 0.234 e. The van der Waals surface area contributed by atoms with Gasteiger partial charge in [0.25, 0.3) is 0 Å². The molecule has 1 N–H and O–H groups in total. The SMILES string of the molecule is O=C(CN1CCC(C(=O)N2CCCCCC2)CC1)N[C@H](c1ccc(F)cc1)c1cccs1. The van der Waals surface area contributed by atoms with Crippen molar-refractivity contribution in [1.82, 2.24) is 15.1 Å². The Kier molecular flexibility index (Phi) is 7.92. The summed E-state index contributed by atoms with van der Waals surface area (Å²) in [5, 5.41) is 5.10. The molecule has 0 bridgehead atoms. The third-order valence-electron chi connectivity index (χ3n) is 6.56. The lowest BCUT2D eigenvalue weighted by Gasteiger charge is -2.34. The molecule has 2 saturated heterocycles. The first-order chi connectivity index (χ1) is 15.6. The van der Waals surface area contributed by atoms with Crippen molar-refractivity contribution in [1.29, 1.82) is 0 Å². The fourth-order valence-electron chi connectivity index (χ4n) is 4.73. The molecule has 172 valence electrons. The first kappa shape index (κ1) is 22.9. The fourth-order valence-corrected chi connectivity index (χ4v) is 5.53. The molecule has 2 aromatic rings. The first-order valence-electron chi connectivity index (χ1n) is 11.7. The third-order valence-corrected chi connectivity index (χ3v) is 7.50. The van der Waals surface area contributed by atoms with Gasteiger partial charge in [-0.3, -0.25) is 14.5 Å². The molecule has 1 aromatic carbocycles. The number of nitrogens with one attached hydrogen (secondary N) is 1. The van der Waals surface area contributed by atoms with Crippen LogP contribution in [0.5, 0.6) is 0 Å². The second-order valence-corrected chi connectivity index (χ2v) is 9.84. The molecule has 2 aliphatic heterocycles. The standard InChI is InChI=1S/C25H32FN3O2S/c26-21-9-7-19(8-10-21)24(22-6-5-17-32-22)27-23(30)18-28-15-11-20(12-16-28)25(31)29-13-3-1-2-4-14-29/h5-10,17,20,24H,1-4,11-16,18H2,(H,27,30)/t24-/m1/s1. The van der Waals surface area contributed by atoms with Gasteiger partial charge in [0.2, 0.25) is 11.8 Å². The number of benzene rings is 1. The zero-order valence-electron chi connectivity index (χ0n) is 18.5. The number of halogens is 1. The van der Waals surface area contributed by atoms with Crippen LogP contribution in [-0.4, -0.2) is 54.3 Å². The molecule has 0 radical (unpaired) electrons. The monoisotopic (exact) mass is 457 g/mol. The molecule has 0 unspecified atom stereocenters. The van der Waals surface area contributed by atoms with Crippen LogP contribution in [0.1, 0.15) is 55.0 Å². The molecule has 3 heterocycles. The van der Waals surface area contributed by atoms with Gasteiger partial charge in [0, 0.05) is 23.9 Å². The second-order valence-electron chi connectivity index (χ2n) is 8.86. The number of thiophene rings is 1. The van der Waals surface area contributed by atoms with Crippen molar-refractivity contribution >= 4 is 23.2 Å². The van der Waals surface area contributed by atoms with Crippen molar-refractivity contribution in [2.75, 3.05) is 32.7 Å². The van der Waals surface area contributed by atoms with Gasteiger partial charge in [-0.25, -0.2) is 4.39 Å². The average Bonchev–Trinajstić information content (AvgIpc) is 3.20. The normalized spacial score (nSPS) is 19.3. The molecule has 2 aliphatic rings. The summed E-state index contributed by atoms with van der Waals surface area (Å²) in [6.07, 6.45) is 6.31. The van der Waals surface area contributed by atoms with Crippen LogP contribution in [0.15, 0.2) is 41.8 Å². The van der Waals surface area contributed by atoms with Gasteiger partial charge in [-0.1, -0.05) is 31.0 Å². The highest BCUT2D eigenvalue weighted by molar-refractivity contribution is 7.10. The lowest BCUT2D eigenvalue weighted by Crippen LogP contribution is -2.46. The minimum atomic E-state index is -0.289. The third kappa shape index (κ3) is 5.95. The molecular formula is C25H32FN3O2S. The number of likely N-dealkylation sites (tertiary alicyclic amines) is 2. The average molecular weight is 458 g/mol. The van der Waals surface area contributed by atoms with E-state index < -0.39 is 0 Å². The number of carbonyl (C=O) groups excluding carboxylic acids is 2. The van der Waals surface area contributed by atoms with Crippen molar-refractivity contribution in [2.45, 2.75) is 44.6 Å². The quantitative estimate of drug-likeness (QED) is 0.707. The van der Waals surface area contributed by atoms with E-state index in [9.17, 15) is 14.0 Å². The first-order valence-corrected chi connectivity index (χ1v) is 12.6. The maximum absolute atomic E-state index is 13.4. The van der Waals surface area contributed by atoms with Gasteiger partial charge in [0.05, 0.1) is 12.6 Å². The highest BCUT2D eigenvalue weighted by atomic mass is 32.1. The van der Waals surface area contributed by atoms with Crippen LogP contribution in [0.4, 0.5) is 4.39 Å². The van der Waals surface area contributed by atoms with E-state index in [2.05, 4.69) is 15.1 Å². The number of rotatable bonds is 6.